The zero-order chi connectivity index (χ0) is 25.6. The molecule has 0 spiro atoms. The summed E-state index contributed by atoms with van der Waals surface area (Å²) in [4.78, 5) is 41.4. The molecule has 0 unspecified atom stereocenters. The summed E-state index contributed by atoms with van der Waals surface area (Å²) in [6, 6.07) is 13.8. The molecule has 5 rings (SSSR count). The second-order valence-corrected chi connectivity index (χ2v) is 8.24. The monoisotopic (exact) mass is 486 g/mol. The van der Waals surface area contributed by atoms with Crippen LogP contribution in [0.1, 0.15) is 21.7 Å². The van der Waals surface area contributed by atoms with Gasteiger partial charge in [-0.15, -0.1) is 0 Å². The molecule has 3 heterocycles. The number of rotatable bonds is 6. The van der Waals surface area contributed by atoms with Crippen molar-refractivity contribution in [1.29, 1.82) is 0 Å². The second kappa shape index (κ2) is 8.69. The molecule has 2 aromatic carbocycles. The smallest absolute Gasteiger partial charge is 0.294 e. The molecule has 0 radical (unpaired) electrons. The Kier molecular flexibility index (Phi) is 5.51. The number of ketones is 1. The lowest BCUT2D eigenvalue weighted by atomic mass is 10.1. The molecule has 11 heteroatoms. The van der Waals surface area contributed by atoms with Gasteiger partial charge in [0.15, 0.2) is 11.4 Å². The van der Waals surface area contributed by atoms with E-state index in [2.05, 4.69) is 10.1 Å². The highest BCUT2D eigenvalue weighted by Crippen LogP contribution is 2.25. The van der Waals surface area contributed by atoms with Gasteiger partial charge < -0.3 is 4.57 Å². The predicted octanol–water partition coefficient (Wildman–Crippen LogP) is 3.92. The summed E-state index contributed by atoms with van der Waals surface area (Å²) in [7, 11) is 0. The third-order valence-corrected chi connectivity index (χ3v) is 5.97. The van der Waals surface area contributed by atoms with E-state index in [0.29, 0.717) is 16.9 Å². The quantitative estimate of drug-likeness (QED) is 0.204. The van der Waals surface area contributed by atoms with Crippen molar-refractivity contribution in [3.8, 4) is 11.4 Å². The Morgan fingerprint density at radius 3 is 2.64 bits per heavy atom. The van der Waals surface area contributed by atoms with Gasteiger partial charge in [0, 0.05) is 28.7 Å². The van der Waals surface area contributed by atoms with Gasteiger partial charge in [0.1, 0.15) is 23.2 Å². The normalized spacial score (nSPS) is 11.2. The number of nitro groups is 1. The Morgan fingerprint density at radius 1 is 1.11 bits per heavy atom. The molecule has 0 fully saturated rings. The Balaban J connectivity index is 1.50. The van der Waals surface area contributed by atoms with Gasteiger partial charge in [-0.3, -0.25) is 24.3 Å². The molecule has 36 heavy (non-hydrogen) atoms. The molecular weight excluding hydrogens is 467 g/mol. The summed E-state index contributed by atoms with van der Waals surface area (Å²) in [5, 5.41) is 15.7. The van der Waals surface area contributed by atoms with Crippen LogP contribution in [-0.2, 0) is 6.54 Å². The highest BCUT2D eigenvalue weighted by atomic mass is 19.1. The number of aryl methyl sites for hydroxylation is 1. The highest BCUT2D eigenvalue weighted by molar-refractivity contribution is 5.97. The van der Waals surface area contributed by atoms with Crippen LogP contribution in [0.4, 0.5) is 10.1 Å². The maximum absolute atomic E-state index is 13.7. The molecule has 0 amide bonds. The fourth-order valence-electron chi connectivity index (χ4n) is 4.33. The molecular formula is C25H19FN6O4. The Hall–Kier alpha value is -4.93. The van der Waals surface area contributed by atoms with Crippen molar-refractivity contribution >= 4 is 22.5 Å². The summed E-state index contributed by atoms with van der Waals surface area (Å²) in [6.07, 6.45) is 2.50. The topological polar surface area (TPSA) is 118 Å². The number of halogens is 1. The van der Waals surface area contributed by atoms with Crippen molar-refractivity contribution in [3.05, 3.63) is 110 Å². The summed E-state index contributed by atoms with van der Waals surface area (Å²) in [6.45, 7) is 3.30. The van der Waals surface area contributed by atoms with Gasteiger partial charge >= 0.3 is 0 Å². The number of hydrogen-bond donors (Lipinski definition) is 0. The van der Waals surface area contributed by atoms with E-state index >= 15 is 0 Å². The molecule has 0 saturated heterocycles. The number of aromatic nitrogens is 5. The fraction of sp³-hybridized carbons (Fsp3) is 0.120. The molecule has 0 aliphatic heterocycles. The second-order valence-electron chi connectivity index (χ2n) is 8.24. The SMILES string of the molecule is Cc1cc(C(=O)Cn2cnc3c(cnn3-c3ccccc3[N+](=O)[O-])c2=O)c(C)n1-c1cccc(F)c1. The molecule has 0 aliphatic carbocycles. The number of carbonyl (C=O) groups is 1. The molecule has 5 aromatic rings. The number of nitrogens with zero attached hydrogens (tertiary/aromatic N) is 6. The van der Waals surface area contributed by atoms with E-state index in [4.69, 9.17) is 0 Å². The van der Waals surface area contributed by atoms with Crippen LogP contribution in [0.2, 0.25) is 0 Å². The Bertz CT molecular complexity index is 1730. The molecule has 10 nitrogen and oxygen atoms in total. The number of carbonyl (C=O) groups excluding carboxylic acids is 1. The first-order chi connectivity index (χ1) is 17.3. The van der Waals surface area contributed by atoms with Crippen LogP contribution in [0.25, 0.3) is 22.4 Å². The van der Waals surface area contributed by atoms with Crippen LogP contribution in [0.5, 0.6) is 0 Å². The number of nitro benzene ring substituents is 1. The lowest BCUT2D eigenvalue weighted by molar-refractivity contribution is -0.384. The van der Waals surface area contributed by atoms with E-state index in [0.717, 1.165) is 5.69 Å². The lowest BCUT2D eigenvalue weighted by Gasteiger charge is -2.10. The fourth-order valence-corrected chi connectivity index (χ4v) is 4.33. The van der Waals surface area contributed by atoms with Crippen molar-refractivity contribution in [2.75, 3.05) is 0 Å². The standard InChI is InChI=1S/C25H19FN6O4/c1-15-10-19(16(2)30(15)18-7-5-6-17(26)11-18)23(33)13-29-14-27-24-20(25(29)34)12-28-31(24)21-8-3-4-9-22(21)32(35)36/h3-12,14H,13H2,1-2H3. The third-order valence-electron chi connectivity index (χ3n) is 5.97. The number of fused-ring (bicyclic) bond motifs is 1. The number of Topliss-reactive ketones (excluding diaryl/α,β-unsaturated/α-hetero) is 1. The van der Waals surface area contributed by atoms with Gasteiger partial charge in [-0.1, -0.05) is 18.2 Å². The van der Waals surface area contributed by atoms with E-state index in [1.807, 2.05) is 6.92 Å². The average molecular weight is 486 g/mol. The Morgan fingerprint density at radius 2 is 1.89 bits per heavy atom. The van der Waals surface area contributed by atoms with Gasteiger partial charge in [-0.2, -0.15) is 5.10 Å². The van der Waals surface area contributed by atoms with Gasteiger partial charge in [-0.25, -0.2) is 14.1 Å². The van der Waals surface area contributed by atoms with Crippen molar-refractivity contribution in [2.24, 2.45) is 0 Å². The van der Waals surface area contributed by atoms with E-state index in [1.165, 1.54) is 52.1 Å². The summed E-state index contributed by atoms with van der Waals surface area (Å²) < 4.78 is 17.9. The van der Waals surface area contributed by atoms with E-state index < -0.39 is 10.5 Å². The molecule has 0 saturated carbocycles. The van der Waals surface area contributed by atoms with Gasteiger partial charge in [-0.05, 0) is 44.2 Å². The lowest BCUT2D eigenvalue weighted by Crippen LogP contribution is -2.25. The van der Waals surface area contributed by atoms with Crippen molar-refractivity contribution < 1.29 is 14.1 Å². The predicted molar refractivity (Wildman–Crippen MR) is 129 cm³/mol. The van der Waals surface area contributed by atoms with E-state index in [9.17, 15) is 24.1 Å². The van der Waals surface area contributed by atoms with E-state index in [1.54, 1.807) is 35.8 Å². The molecule has 0 N–H and O–H groups in total. The van der Waals surface area contributed by atoms with Crippen LogP contribution in [0.15, 0.2) is 71.9 Å². The number of benzene rings is 2. The first-order valence-corrected chi connectivity index (χ1v) is 10.9. The zero-order valence-electron chi connectivity index (χ0n) is 19.3. The number of para-hydroxylation sites is 2. The molecule has 0 atom stereocenters. The summed E-state index contributed by atoms with van der Waals surface area (Å²) in [5.74, 6) is -0.708. The average Bonchev–Trinajstić information content (AvgIpc) is 3.41. The first kappa shape index (κ1) is 22.8. The minimum atomic E-state index is -0.539. The van der Waals surface area contributed by atoms with Crippen LogP contribution < -0.4 is 5.56 Å². The minimum Gasteiger partial charge on any atom is -0.318 e. The largest absolute Gasteiger partial charge is 0.318 e. The third kappa shape index (κ3) is 3.76. The molecule has 0 aliphatic rings. The van der Waals surface area contributed by atoms with Crippen LogP contribution in [-0.4, -0.2) is 34.6 Å². The van der Waals surface area contributed by atoms with E-state index in [-0.39, 0.29) is 40.6 Å². The number of hydrogen-bond acceptors (Lipinski definition) is 6. The molecule has 0 bridgehead atoms. The Labute approximate surface area is 203 Å². The maximum Gasteiger partial charge on any atom is 0.294 e. The summed E-state index contributed by atoms with van der Waals surface area (Å²) in [5.41, 5.74) is 1.98. The van der Waals surface area contributed by atoms with Gasteiger partial charge in [0.25, 0.3) is 11.2 Å². The zero-order valence-corrected chi connectivity index (χ0v) is 19.3. The molecule has 180 valence electrons. The van der Waals surface area contributed by atoms with Crippen molar-refractivity contribution in [2.45, 2.75) is 20.4 Å². The first-order valence-electron chi connectivity index (χ1n) is 10.9. The van der Waals surface area contributed by atoms with Gasteiger partial charge in [0.2, 0.25) is 0 Å². The maximum atomic E-state index is 13.7. The van der Waals surface area contributed by atoms with Crippen molar-refractivity contribution in [1.82, 2.24) is 23.9 Å². The van der Waals surface area contributed by atoms with Crippen LogP contribution in [0.3, 0.4) is 0 Å². The minimum absolute atomic E-state index is 0.119. The highest BCUT2D eigenvalue weighted by Gasteiger charge is 2.21. The van der Waals surface area contributed by atoms with Gasteiger partial charge in [0.05, 0.1) is 17.7 Å². The van der Waals surface area contributed by atoms with Crippen LogP contribution >= 0.6 is 0 Å². The summed E-state index contributed by atoms with van der Waals surface area (Å²) >= 11 is 0. The molecule has 3 aromatic heterocycles. The van der Waals surface area contributed by atoms with Crippen molar-refractivity contribution in [3.63, 3.8) is 0 Å². The van der Waals surface area contributed by atoms with Crippen LogP contribution in [0, 0.1) is 29.8 Å².